The van der Waals surface area contributed by atoms with Crippen molar-refractivity contribution in [3.05, 3.63) is 11.0 Å². The smallest absolute Gasteiger partial charge is 0.203 e. The molecule has 0 amide bonds. The molecule has 0 unspecified atom stereocenters. The van der Waals surface area contributed by atoms with Gasteiger partial charge in [0.1, 0.15) is 29.5 Å². The average molecular weight is 370 g/mol. The molecule has 0 spiro atoms. The number of aromatic amines is 1. The minimum absolute atomic E-state index is 0.306. The standard InChI is InChI=1S/C14H22N6O4S/c15-3-1-2-4-16-14-18-11-8(12(25)19-14)17-6-20(11)13-10(23)9(22)7(5-21)24-13/h6-7,9-10,13,21-23H,1-5,15H2,(H2,16,18,19,25)/t7-,9-,10-,13-/m1/s1. The van der Waals surface area contributed by atoms with Crippen molar-refractivity contribution < 1.29 is 20.1 Å². The third-order valence-electron chi connectivity index (χ3n) is 4.16. The number of imidazole rings is 1. The molecule has 1 aliphatic heterocycles. The van der Waals surface area contributed by atoms with Crippen LogP contribution in [-0.4, -0.2) is 72.8 Å². The quantitative estimate of drug-likeness (QED) is 0.273. The number of nitrogens with two attached hydrogens (primary N) is 1. The SMILES string of the molecule is NCCCCNc1nc(=S)c2ncn([C@@H]3O[C@H](CO)[C@@H](O)[C@H]3O)c2[nH]1. The van der Waals surface area contributed by atoms with Crippen molar-refractivity contribution in [1.82, 2.24) is 19.5 Å². The normalized spacial score (nSPS) is 26.4. The number of ether oxygens (including phenoxy) is 1. The van der Waals surface area contributed by atoms with Gasteiger partial charge in [0.05, 0.1) is 12.9 Å². The van der Waals surface area contributed by atoms with Crippen LogP contribution in [-0.2, 0) is 4.74 Å². The number of aliphatic hydroxyl groups is 3. The van der Waals surface area contributed by atoms with Crippen molar-refractivity contribution in [1.29, 1.82) is 0 Å². The van der Waals surface area contributed by atoms with E-state index in [1.54, 1.807) is 4.57 Å². The van der Waals surface area contributed by atoms with E-state index in [1.807, 2.05) is 0 Å². The fraction of sp³-hybridized carbons (Fsp3) is 0.643. The Morgan fingerprint density at radius 2 is 2.16 bits per heavy atom. The van der Waals surface area contributed by atoms with Gasteiger partial charge < -0.3 is 36.1 Å². The summed E-state index contributed by atoms with van der Waals surface area (Å²) in [5.74, 6) is 0.475. The molecule has 138 valence electrons. The van der Waals surface area contributed by atoms with E-state index in [0.29, 0.717) is 34.8 Å². The largest absolute Gasteiger partial charge is 0.394 e. The number of aliphatic hydroxyl groups excluding tert-OH is 3. The lowest BCUT2D eigenvalue weighted by Crippen LogP contribution is -2.33. The van der Waals surface area contributed by atoms with Crippen LogP contribution >= 0.6 is 12.2 Å². The maximum atomic E-state index is 10.2. The van der Waals surface area contributed by atoms with Crippen molar-refractivity contribution in [2.45, 2.75) is 37.4 Å². The van der Waals surface area contributed by atoms with E-state index in [4.69, 9.17) is 22.7 Å². The number of anilines is 1. The minimum Gasteiger partial charge on any atom is -0.394 e. The van der Waals surface area contributed by atoms with Crippen molar-refractivity contribution in [3.8, 4) is 0 Å². The number of hydrogen-bond acceptors (Lipinski definition) is 9. The molecule has 11 heteroatoms. The monoisotopic (exact) mass is 370 g/mol. The second kappa shape index (κ2) is 7.72. The van der Waals surface area contributed by atoms with Crippen LogP contribution < -0.4 is 11.1 Å². The van der Waals surface area contributed by atoms with E-state index in [1.165, 1.54) is 6.33 Å². The van der Waals surface area contributed by atoms with Gasteiger partial charge in [-0.2, -0.15) is 0 Å². The molecule has 10 nitrogen and oxygen atoms in total. The molecule has 3 heterocycles. The summed E-state index contributed by atoms with van der Waals surface area (Å²) < 4.78 is 7.39. The maximum absolute atomic E-state index is 10.2. The molecule has 3 rings (SSSR count). The summed E-state index contributed by atoms with van der Waals surface area (Å²) in [5.41, 5.74) is 6.44. The molecular formula is C14H22N6O4S. The Morgan fingerprint density at radius 3 is 2.84 bits per heavy atom. The van der Waals surface area contributed by atoms with E-state index in [2.05, 4.69) is 20.3 Å². The van der Waals surface area contributed by atoms with E-state index >= 15 is 0 Å². The third-order valence-corrected chi connectivity index (χ3v) is 4.45. The van der Waals surface area contributed by atoms with Crippen LogP contribution in [0.15, 0.2) is 6.33 Å². The van der Waals surface area contributed by atoms with Gasteiger partial charge in [0.15, 0.2) is 10.9 Å². The Bertz CT molecular complexity index is 780. The summed E-state index contributed by atoms with van der Waals surface area (Å²) in [6, 6.07) is 0. The average Bonchev–Trinajstić information content (AvgIpc) is 3.14. The zero-order valence-corrected chi connectivity index (χ0v) is 14.3. The van der Waals surface area contributed by atoms with Crippen LogP contribution in [0, 0.1) is 4.64 Å². The van der Waals surface area contributed by atoms with Crippen molar-refractivity contribution in [3.63, 3.8) is 0 Å². The molecule has 0 aromatic carbocycles. The number of aromatic nitrogens is 4. The highest BCUT2D eigenvalue weighted by Crippen LogP contribution is 2.31. The molecule has 2 aromatic rings. The fourth-order valence-electron chi connectivity index (χ4n) is 2.80. The lowest BCUT2D eigenvalue weighted by atomic mass is 10.1. The van der Waals surface area contributed by atoms with Crippen LogP contribution in [0.5, 0.6) is 0 Å². The van der Waals surface area contributed by atoms with Gasteiger partial charge in [-0.25, -0.2) is 9.97 Å². The third kappa shape index (κ3) is 3.52. The van der Waals surface area contributed by atoms with Gasteiger partial charge in [-0.1, -0.05) is 12.2 Å². The van der Waals surface area contributed by atoms with Crippen LogP contribution in [0.1, 0.15) is 19.1 Å². The Hall–Kier alpha value is -1.63. The lowest BCUT2D eigenvalue weighted by molar-refractivity contribution is -0.0511. The van der Waals surface area contributed by atoms with E-state index in [9.17, 15) is 15.3 Å². The number of rotatable bonds is 7. The Labute approximate surface area is 148 Å². The molecule has 1 aliphatic rings. The van der Waals surface area contributed by atoms with E-state index < -0.39 is 31.1 Å². The zero-order chi connectivity index (χ0) is 18.0. The van der Waals surface area contributed by atoms with Crippen molar-refractivity contribution in [2.75, 3.05) is 25.0 Å². The molecule has 0 aliphatic carbocycles. The number of H-pyrrole nitrogens is 1. The molecule has 25 heavy (non-hydrogen) atoms. The first-order valence-corrected chi connectivity index (χ1v) is 8.51. The predicted molar refractivity (Wildman–Crippen MR) is 92.5 cm³/mol. The van der Waals surface area contributed by atoms with Crippen LogP contribution in [0.4, 0.5) is 5.95 Å². The predicted octanol–water partition coefficient (Wildman–Crippen LogP) is -0.749. The fourth-order valence-corrected chi connectivity index (χ4v) is 3.04. The van der Waals surface area contributed by atoms with Gasteiger partial charge in [-0.05, 0) is 19.4 Å². The van der Waals surface area contributed by atoms with Crippen molar-refractivity contribution in [2.24, 2.45) is 5.73 Å². The van der Waals surface area contributed by atoms with Crippen LogP contribution in [0.3, 0.4) is 0 Å². The van der Waals surface area contributed by atoms with Crippen LogP contribution in [0.2, 0.25) is 0 Å². The number of fused-ring (bicyclic) bond motifs is 1. The number of hydrogen-bond donors (Lipinski definition) is 6. The number of nitrogens with zero attached hydrogens (tertiary/aromatic N) is 3. The van der Waals surface area contributed by atoms with Gasteiger partial charge in [0, 0.05) is 6.54 Å². The molecule has 0 bridgehead atoms. The van der Waals surface area contributed by atoms with Gasteiger partial charge in [-0.3, -0.25) is 4.57 Å². The lowest BCUT2D eigenvalue weighted by Gasteiger charge is -2.17. The molecule has 1 fully saturated rings. The Morgan fingerprint density at radius 1 is 1.36 bits per heavy atom. The minimum atomic E-state index is -1.20. The second-order valence-corrected chi connectivity index (χ2v) is 6.28. The first kappa shape index (κ1) is 18.2. The molecule has 0 radical (unpaired) electrons. The highest BCUT2D eigenvalue weighted by atomic mass is 32.1. The molecule has 7 N–H and O–H groups in total. The molecule has 4 atom stereocenters. The van der Waals surface area contributed by atoms with E-state index in [-0.39, 0.29) is 0 Å². The highest BCUT2D eigenvalue weighted by Gasteiger charge is 2.43. The zero-order valence-electron chi connectivity index (χ0n) is 13.5. The van der Waals surface area contributed by atoms with Crippen molar-refractivity contribution >= 4 is 29.3 Å². The maximum Gasteiger partial charge on any atom is 0.203 e. The molecule has 0 saturated carbocycles. The summed E-state index contributed by atoms with van der Waals surface area (Å²) in [6.45, 7) is 0.915. The highest BCUT2D eigenvalue weighted by molar-refractivity contribution is 7.71. The van der Waals surface area contributed by atoms with Gasteiger partial charge >= 0.3 is 0 Å². The van der Waals surface area contributed by atoms with Gasteiger partial charge in [-0.15, -0.1) is 0 Å². The molecule has 2 aromatic heterocycles. The molecule has 1 saturated heterocycles. The first-order chi connectivity index (χ1) is 12.1. The first-order valence-electron chi connectivity index (χ1n) is 8.10. The van der Waals surface area contributed by atoms with Gasteiger partial charge in [0.25, 0.3) is 0 Å². The summed E-state index contributed by atoms with van der Waals surface area (Å²) in [5, 5.41) is 32.5. The summed E-state index contributed by atoms with van der Waals surface area (Å²) in [4.78, 5) is 11.5. The number of unbranched alkanes of at least 4 members (excludes halogenated alkanes) is 1. The number of nitrogens with one attached hydrogen (secondary N) is 2. The van der Waals surface area contributed by atoms with Gasteiger partial charge in [0.2, 0.25) is 5.95 Å². The summed E-state index contributed by atoms with van der Waals surface area (Å²) in [7, 11) is 0. The Balaban J connectivity index is 1.89. The van der Waals surface area contributed by atoms with Crippen LogP contribution in [0.25, 0.3) is 11.2 Å². The topological polar surface area (TPSA) is 154 Å². The summed E-state index contributed by atoms with van der Waals surface area (Å²) >= 11 is 5.27. The van der Waals surface area contributed by atoms with E-state index in [0.717, 1.165) is 12.8 Å². The Kier molecular flexibility index (Phi) is 5.61. The second-order valence-electron chi connectivity index (χ2n) is 5.89. The summed E-state index contributed by atoms with van der Waals surface area (Å²) in [6.07, 6.45) is -0.901. The molecular weight excluding hydrogens is 348 g/mol.